The smallest absolute Gasteiger partial charge is 0.419 e. The van der Waals surface area contributed by atoms with Crippen LogP contribution >= 0.6 is 0 Å². The number of halogens is 3. The number of para-hydroxylation sites is 1. The molecule has 1 heterocycles. The van der Waals surface area contributed by atoms with Gasteiger partial charge in [-0.05, 0) is 54.8 Å². The molecule has 39 heavy (non-hydrogen) atoms. The van der Waals surface area contributed by atoms with Crippen LogP contribution in [0.25, 0.3) is 0 Å². The van der Waals surface area contributed by atoms with Gasteiger partial charge in [0.1, 0.15) is 17.6 Å². The molecule has 1 N–H and O–H groups in total. The number of aliphatic hydroxyl groups is 1. The number of aliphatic hydroxyl groups excluding tert-OH is 1. The predicted molar refractivity (Wildman–Crippen MR) is 147 cm³/mol. The highest BCUT2D eigenvalue weighted by Gasteiger charge is 2.36. The normalized spacial score (nSPS) is 14.5. The van der Waals surface area contributed by atoms with Crippen LogP contribution in [-0.2, 0) is 17.6 Å². The Kier molecular flexibility index (Phi) is 12.8. The quantitative estimate of drug-likeness (QED) is 0.363. The number of hydrogen-bond acceptors (Lipinski definition) is 4. The van der Waals surface area contributed by atoms with Crippen LogP contribution in [0.2, 0.25) is 0 Å². The Labute approximate surface area is 229 Å². The average Bonchev–Trinajstić information content (AvgIpc) is 3.38. The minimum Gasteiger partial charge on any atom is -0.488 e. The molecule has 212 valence electrons. The van der Waals surface area contributed by atoms with Gasteiger partial charge >= 0.3 is 6.18 Å². The molecule has 1 fully saturated rings. The standard InChI is InChI=1S/C20H20F3NO4.C8H10.C3H8/c21-20(22,23)17-3-1-2-4-18(17)28-16-9-10-24(11-16)19(26)13-27-15-7-5-14(12-25)6-8-15;1-7-5-3-4-6-8(7)2;1-3-2/h1-8,16,25H,9-13H2;3-6H,1-2H3;3H2,1-2H3. The first-order valence-corrected chi connectivity index (χ1v) is 13.0. The summed E-state index contributed by atoms with van der Waals surface area (Å²) in [5, 5.41) is 9.01. The fourth-order valence-corrected chi connectivity index (χ4v) is 3.62. The van der Waals surface area contributed by atoms with Gasteiger partial charge in [0.05, 0.1) is 18.7 Å². The van der Waals surface area contributed by atoms with Gasteiger partial charge in [-0.2, -0.15) is 13.2 Å². The van der Waals surface area contributed by atoms with Crippen molar-refractivity contribution in [2.75, 3.05) is 19.7 Å². The minimum absolute atomic E-state index is 0.0775. The topological polar surface area (TPSA) is 59.0 Å². The van der Waals surface area contributed by atoms with E-state index < -0.39 is 17.8 Å². The summed E-state index contributed by atoms with van der Waals surface area (Å²) in [6, 6.07) is 20.1. The lowest BCUT2D eigenvalue weighted by Gasteiger charge is -2.19. The van der Waals surface area contributed by atoms with Crippen molar-refractivity contribution in [2.24, 2.45) is 0 Å². The number of carbonyl (C=O) groups is 1. The van der Waals surface area contributed by atoms with Gasteiger partial charge < -0.3 is 19.5 Å². The first kappa shape index (κ1) is 31.7. The maximum absolute atomic E-state index is 13.1. The molecule has 1 atom stereocenters. The van der Waals surface area contributed by atoms with Crippen LogP contribution < -0.4 is 9.47 Å². The number of hydrogen-bond donors (Lipinski definition) is 1. The number of aryl methyl sites for hydroxylation is 2. The lowest BCUT2D eigenvalue weighted by Crippen LogP contribution is -2.34. The number of likely N-dealkylation sites (tertiary alicyclic amines) is 1. The van der Waals surface area contributed by atoms with E-state index in [2.05, 4.69) is 52.0 Å². The van der Waals surface area contributed by atoms with Crippen molar-refractivity contribution in [1.82, 2.24) is 4.90 Å². The van der Waals surface area contributed by atoms with Crippen LogP contribution in [0.3, 0.4) is 0 Å². The number of alkyl halides is 3. The second kappa shape index (κ2) is 15.8. The second-order valence-corrected chi connectivity index (χ2v) is 9.24. The molecule has 1 amide bonds. The number of benzene rings is 3. The van der Waals surface area contributed by atoms with Crippen molar-refractivity contribution >= 4 is 5.91 Å². The fraction of sp³-hybridized carbons (Fsp3) is 0.387. The molecule has 0 aromatic heterocycles. The summed E-state index contributed by atoms with van der Waals surface area (Å²) >= 11 is 0. The maximum atomic E-state index is 13.1. The van der Waals surface area contributed by atoms with Crippen LogP contribution in [-0.4, -0.2) is 41.7 Å². The molecule has 1 unspecified atom stereocenters. The molecule has 1 aliphatic rings. The minimum atomic E-state index is -4.50. The van der Waals surface area contributed by atoms with E-state index >= 15 is 0 Å². The summed E-state index contributed by atoms with van der Waals surface area (Å²) in [6.45, 7) is 8.84. The first-order valence-electron chi connectivity index (χ1n) is 13.0. The van der Waals surface area contributed by atoms with E-state index in [4.69, 9.17) is 14.6 Å². The molecular formula is C31H38F3NO4. The zero-order valence-corrected chi connectivity index (χ0v) is 23.0. The molecule has 0 saturated carbocycles. The van der Waals surface area contributed by atoms with E-state index in [0.29, 0.717) is 18.7 Å². The van der Waals surface area contributed by atoms with Gasteiger partial charge in [0, 0.05) is 13.0 Å². The first-order chi connectivity index (χ1) is 18.6. The number of nitrogens with zero attached hydrogens (tertiary/aromatic N) is 1. The van der Waals surface area contributed by atoms with Crippen LogP contribution in [0.5, 0.6) is 11.5 Å². The Morgan fingerprint density at radius 1 is 0.949 bits per heavy atom. The van der Waals surface area contributed by atoms with Crippen LogP contribution in [0.15, 0.2) is 72.8 Å². The van der Waals surface area contributed by atoms with E-state index in [0.717, 1.165) is 11.6 Å². The molecule has 0 radical (unpaired) electrons. The van der Waals surface area contributed by atoms with Gasteiger partial charge in [-0.15, -0.1) is 0 Å². The SMILES string of the molecule is CCC.Cc1ccccc1C.O=C(COc1ccc(CO)cc1)N1CCC(Oc2ccccc2C(F)(F)F)C1. The van der Waals surface area contributed by atoms with E-state index in [1.54, 1.807) is 24.3 Å². The van der Waals surface area contributed by atoms with Gasteiger partial charge in [0.25, 0.3) is 5.91 Å². The fourth-order valence-electron chi connectivity index (χ4n) is 3.62. The highest BCUT2D eigenvalue weighted by molar-refractivity contribution is 5.78. The zero-order valence-electron chi connectivity index (χ0n) is 23.0. The van der Waals surface area contributed by atoms with Crippen molar-refractivity contribution in [1.29, 1.82) is 0 Å². The molecule has 4 rings (SSSR count). The summed E-state index contributed by atoms with van der Waals surface area (Å²) in [5.74, 6) is 0.00705. The molecule has 0 aliphatic carbocycles. The molecule has 0 bridgehead atoms. The van der Waals surface area contributed by atoms with E-state index in [9.17, 15) is 18.0 Å². The third-order valence-corrected chi connectivity index (χ3v) is 5.88. The Bertz CT molecular complexity index is 1130. The lowest BCUT2D eigenvalue weighted by atomic mass is 10.1. The number of ether oxygens (including phenoxy) is 2. The van der Waals surface area contributed by atoms with Gasteiger partial charge in [0.15, 0.2) is 6.61 Å². The monoisotopic (exact) mass is 545 g/mol. The van der Waals surface area contributed by atoms with Crippen molar-refractivity contribution in [2.45, 2.75) is 59.4 Å². The van der Waals surface area contributed by atoms with Crippen LogP contribution in [0, 0.1) is 13.8 Å². The van der Waals surface area contributed by atoms with E-state index in [-0.39, 0.29) is 31.4 Å². The average molecular weight is 546 g/mol. The Balaban J connectivity index is 0.000000405. The van der Waals surface area contributed by atoms with Crippen LogP contribution in [0.4, 0.5) is 13.2 Å². The zero-order chi connectivity index (χ0) is 28.8. The van der Waals surface area contributed by atoms with Crippen molar-refractivity contribution in [3.63, 3.8) is 0 Å². The Hall–Kier alpha value is -3.52. The number of rotatable bonds is 6. The van der Waals surface area contributed by atoms with Crippen LogP contribution in [0.1, 0.15) is 48.9 Å². The predicted octanol–water partition coefficient (Wildman–Crippen LogP) is 6.98. The van der Waals surface area contributed by atoms with Gasteiger partial charge in [-0.1, -0.05) is 68.8 Å². The molecule has 3 aromatic carbocycles. The molecule has 1 saturated heterocycles. The largest absolute Gasteiger partial charge is 0.488 e. The van der Waals surface area contributed by atoms with Crippen molar-refractivity contribution in [3.8, 4) is 11.5 Å². The summed E-state index contributed by atoms with van der Waals surface area (Å²) < 4.78 is 50.1. The van der Waals surface area contributed by atoms with Gasteiger partial charge in [-0.25, -0.2) is 0 Å². The molecule has 1 aliphatic heterocycles. The molecule has 5 nitrogen and oxygen atoms in total. The maximum Gasteiger partial charge on any atom is 0.419 e. The molecule has 3 aromatic rings. The third kappa shape index (κ3) is 10.6. The van der Waals surface area contributed by atoms with Gasteiger partial charge in [0.2, 0.25) is 0 Å². The molecule has 8 heteroatoms. The highest BCUT2D eigenvalue weighted by Crippen LogP contribution is 2.36. The van der Waals surface area contributed by atoms with E-state index in [1.807, 2.05) is 0 Å². The Morgan fingerprint density at radius 2 is 1.51 bits per heavy atom. The molecule has 0 spiro atoms. The van der Waals surface area contributed by atoms with Crippen molar-refractivity contribution < 1.29 is 32.5 Å². The second-order valence-electron chi connectivity index (χ2n) is 9.24. The van der Waals surface area contributed by atoms with Gasteiger partial charge in [-0.3, -0.25) is 4.79 Å². The summed E-state index contributed by atoms with van der Waals surface area (Å²) in [6.07, 6.45) is -3.30. The van der Waals surface area contributed by atoms with Crippen molar-refractivity contribution in [3.05, 3.63) is 95.1 Å². The molecular weight excluding hydrogens is 507 g/mol. The summed E-state index contributed by atoms with van der Waals surface area (Å²) in [7, 11) is 0. The summed E-state index contributed by atoms with van der Waals surface area (Å²) in [4.78, 5) is 13.8. The number of amides is 1. The number of carbonyl (C=O) groups excluding carboxylic acids is 1. The summed E-state index contributed by atoms with van der Waals surface area (Å²) in [5.41, 5.74) is 2.65. The van der Waals surface area contributed by atoms with E-state index in [1.165, 1.54) is 40.6 Å². The lowest BCUT2D eigenvalue weighted by molar-refractivity contribution is -0.139. The third-order valence-electron chi connectivity index (χ3n) is 5.88. The highest BCUT2D eigenvalue weighted by atomic mass is 19.4. The Morgan fingerprint density at radius 3 is 2.05 bits per heavy atom.